The van der Waals surface area contributed by atoms with Crippen LogP contribution < -0.4 is 19.5 Å². The maximum atomic E-state index is 5.58. The van der Waals surface area contributed by atoms with Gasteiger partial charge in [-0.25, -0.2) is 0 Å². The van der Waals surface area contributed by atoms with Crippen molar-refractivity contribution in [3.8, 4) is 17.2 Å². The van der Waals surface area contributed by atoms with Crippen molar-refractivity contribution in [1.82, 2.24) is 10.2 Å². The zero-order chi connectivity index (χ0) is 19.1. The lowest BCUT2D eigenvalue weighted by atomic mass is 10.0. The van der Waals surface area contributed by atoms with Crippen molar-refractivity contribution in [2.24, 2.45) is 0 Å². The highest BCUT2D eigenvalue weighted by molar-refractivity contribution is 5.85. The average molecular weight is 443 g/mol. The molecule has 5 nitrogen and oxygen atoms in total. The highest BCUT2D eigenvalue weighted by Gasteiger charge is 2.20. The largest absolute Gasteiger partial charge is 0.493 e. The number of piperidine rings is 1. The minimum atomic E-state index is 0. The third-order valence-corrected chi connectivity index (χ3v) is 5.20. The van der Waals surface area contributed by atoms with Crippen LogP contribution in [-0.2, 0) is 13.1 Å². The molecule has 29 heavy (non-hydrogen) atoms. The SMILES string of the molecule is COc1ccc(CNC2CCN(Cc3ccccc3)CC2)c(OC)c1OC.Cl.Cl. The third kappa shape index (κ3) is 6.68. The van der Waals surface area contributed by atoms with Crippen molar-refractivity contribution in [1.29, 1.82) is 0 Å². The van der Waals surface area contributed by atoms with Crippen molar-refractivity contribution in [3.63, 3.8) is 0 Å². The molecule has 0 amide bonds. The summed E-state index contributed by atoms with van der Waals surface area (Å²) in [5, 5.41) is 3.68. The van der Waals surface area contributed by atoms with E-state index in [1.54, 1.807) is 21.3 Å². The van der Waals surface area contributed by atoms with E-state index in [2.05, 4.69) is 40.5 Å². The summed E-state index contributed by atoms with van der Waals surface area (Å²) in [7, 11) is 4.95. The summed E-state index contributed by atoms with van der Waals surface area (Å²) in [6.45, 7) is 4.04. The fraction of sp³-hybridized carbons (Fsp3) is 0.455. The first kappa shape index (κ1) is 25.4. The van der Waals surface area contributed by atoms with Crippen LogP contribution >= 0.6 is 24.8 Å². The molecule has 1 saturated heterocycles. The molecule has 3 rings (SSSR count). The molecule has 1 fully saturated rings. The molecule has 0 bridgehead atoms. The number of nitrogens with zero attached hydrogens (tertiary/aromatic N) is 1. The van der Waals surface area contributed by atoms with E-state index in [4.69, 9.17) is 14.2 Å². The van der Waals surface area contributed by atoms with E-state index in [1.807, 2.05) is 12.1 Å². The molecule has 0 aliphatic carbocycles. The van der Waals surface area contributed by atoms with Crippen LogP contribution in [0.1, 0.15) is 24.0 Å². The van der Waals surface area contributed by atoms with Crippen molar-refractivity contribution in [3.05, 3.63) is 53.6 Å². The molecule has 7 heteroatoms. The Labute approximate surface area is 186 Å². The average Bonchev–Trinajstić information content (AvgIpc) is 2.73. The summed E-state index contributed by atoms with van der Waals surface area (Å²) in [5.74, 6) is 2.08. The van der Waals surface area contributed by atoms with Gasteiger partial charge in [-0.3, -0.25) is 4.90 Å². The van der Waals surface area contributed by atoms with Crippen LogP contribution in [0.25, 0.3) is 0 Å². The van der Waals surface area contributed by atoms with Gasteiger partial charge in [-0.15, -0.1) is 24.8 Å². The number of ether oxygens (including phenoxy) is 3. The van der Waals surface area contributed by atoms with Crippen LogP contribution in [0.5, 0.6) is 17.2 Å². The lowest BCUT2D eigenvalue weighted by Gasteiger charge is -2.32. The Kier molecular flexibility index (Phi) is 11.2. The van der Waals surface area contributed by atoms with Crippen LogP contribution in [0.4, 0.5) is 0 Å². The molecule has 2 aromatic rings. The van der Waals surface area contributed by atoms with E-state index in [9.17, 15) is 0 Å². The zero-order valence-electron chi connectivity index (χ0n) is 17.3. The summed E-state index contributed by atoms with van der Waals surface area (Å²) in [5.41, 5.74) is 2.47. The Morgan fingerprint density at radius 3 is 2.10 bits per heavy atom. The standard InChI is InChI=1S/C22H30N2O3.2ClH/c1-25-20-10-9-18(21(26-2)22(20)27-3)15-23-19-11-13-24(14-12-19)16-17-7-5-4-6-8-17;;/h4-10,19,23H,11-16H2,1-3H3;2*1H. The van der Waals surface area contributed by atoms with E-state index in [1.165, 1.54) is 5.56 Å². The van der Waals surface area contributed by atoms with E-state index in [-0.39, 0.29) is 24.8 Å². The molecule has 0 spiro atoms. The first-order chi connectivity index (χ1) is 13.2. The van der Waals surface area contributed by atoms with Gasteiger partial charge in [0.2, 0.25) is 5.75 Å². The van der Waals surface area contributed by atoms with Gasteiger partial charge in [-0.05, 0) is 37.6 Å². The predicted octanol–water partition coefficient (Wildman–Crippen LogP) is 4.31. The van der Waals surface area contributed by atoms with Gasteiger partial charge in [0.05, 0.1) is 21.3 Å². The molecule has 0 radical (unpaired) electrons. The summed E-state index contributed by atoms with van der Waals surface area (Å²) in [6.07, 6.45) is 2.31. The smallest absolute Gasteiger partial charge is 0.203 e. The first-order valence-corrected chi connectivity index (χ1v) is 9.52. The minimum absolute atomic E-state index is 0. The molecule has 1 aliphatic heterocycles. The molecular weight excluding hydrogens is 411 g/mol. The minimum Gasteiger partial charge on any atom is -0.493 e. The summed E-state index contributed by atoms with van der Waals surface area (Å²) in [6, 6.07) is 15.2. The number of likely N-dealkylation sites (tertiary alicyclic amines) is 1. The van der Waals surface area contributed by atoms with E-state index >= 15 is 0 Å². The van der Waals surface area contributed by atoms with E-state index in [0.29, 0.717) is 17.5 Å². The first-order valence-electron chi connectivity index (χ1n) is 9.52. The third-order valence-electron chi connectivity index (χ3n) is 5.20. The lowest BCUT2D eigenvalue weighted by Crippen LogP contribution is -2.41. The Balaban J connectivity index is 0.00000210. The van der Waals surface area contributed by atoms with Crippen LogP contribution in [0.15, 0.2) is 42.5 Å². The number of rotatable bonds is 8. The van der Waals surface area contributed by atoms with Crippen LogP contribution in [0.2, 0.25) is 0 Å². The molecular formula is C22H32Cl2N2O3. The molecule has 1 aliphatic rings. The molecule has 0 atom stereocenters. The lowest BCUT2D eigenvalue weighted by molar-refractivity contribution is 0.190. The predicted molar refractivity (Wildman–Crippen MR) is 122 cm³/mol. The number of nitrogens with one attached hydrogen (secondary N) is 1. The Bertz CT molecular complexity index is 723. The highest BCUT2D eigenvalue weighted by atomic mass is 35.5. The van der Waals surface area contributed by atoms with E-state index < -0.39 is 0 Å². The molecule has 0 aromatic heterocycles. The molecule has 1 N–H and O–H groups in total. The van der Waals surface area contributed by atoms with Gasteiger partial charge >= 0.3 is 0 Å². The second kappa shape index (κ2) is 12.8. The quantitative estimate of drug-likeness (QED) is 0.659. The van der Waals surface area contributed by atoms with Gasteiger partial charge in [0, 0.05) is 24.7 Å². The fourth-order valence-electron chi connectivity index (χ4n) is 3.69. The maximum Gasteiger partial charge on any atom is 0.203 e. The summed E-state index contributed by atoms with van der Waals surface area (Å²) < 4.78 is 16.4. The normalized spacial score (nSPS) is 14.4. The number of halogens is 2. The van der Waals surface area contributed by atoms with Crippen LogP contribution in [0, 0.1) is 0 Å². The second-order valence-corrected chi connectivity index (χ2v) is 6.91. The Hall–Kier alpha value is -1.66. The molecule has 162 valence electrons. The van der Waals surface area contributed by atoms with Crippen molar-refractivity contribution >= 4 is 24.8 Å². The maximum absolute atomic E-state index is 5.58. The number of hydrogen-bond acceptors (Lipinski definition) is 5. The molecule has 2 aromatic carbocycles. The topological polar surface area (TPSA) is 43.0 Å². The summed E-state index contributed by atoms with van der Waals surface area (Å²) >= 11 is 0. The monoisotopic (exact) mass is 442 g/mol. The van der Waals surface area contributed by atoms with Crippen molar-refractivity contribution < 1.29 is 14.2 Å². The Morgan fingerprint density at radius 1 is 0.862 bits per heavy atom. The van der Waals surface area contributed by atoms with Gasteiger partial charge in [0.1, 0.15) is 0 Å². The molecule has 1 heterocycles. The van der Waals surface area contributed by atoms with Gasteiger partial charge in [0.25, 0.3) is 0 Å². The van der Waals surface area contributed by atoms with Gasteiger partial charge in [0.15, 0.2) is 11.5 Å². The molecule has 0 saturated carbocycles. The summed E-state index contributed by atoms with van der Waals surface area (Å²) in [4.78, 5) is 2.53. The van der Waals surface area contributed by atoms with Crippen molar-refractivity contribution in [2.45, 2.75) is 32.0 Å². The number of benzene rings is 2. The number of methoxy groups -OCH3 is 3. The second-order valence-electron chi connectivity index (χ2n) is 6.91. The zero-order valence-corrected chi connectivity index (χ0v) is 19.0. The van der Waals surface area contributed by atoms with E-state index in [0.717, 1.165) is 50.3 Å². The van der Waals surface area contributed by atoms with Crippen LogP contribution in [0.3, 0.4) is 0 Å². The van der Waals surface area contributed by atoms with Gasteiger partial charge in [-0.1, -0.05) is 36.4 Å². The fourth-order valence-corrected chi connectivity index (χ4v) is 3.69. The van der Waals surface area contributed by atoms with Crippen molar-refractivity contribution in [2.75, 3.05) is 34.4 Å². The number of hydrogen-bond donors (Lipinski definition) is 1. The Morgan fingerprint density at radius 2 is 1.52 bits per heavy atom. The van der Waals surface area contributed by atoms with Crippen LogP contribution in [-0.4, -0.2) is 45.4 Å². The van der Waals surface area contributed by atoms with Gasteiger partial charge in [-0.2, -0.15) is 0 Å². The highest BCUT2D eigenvalue weighted by Crippen LogP contribution is 2.39. The molecule has 0 unspecified atom stereocenters. The van der Waals surface area contributed by atoms with Gasteiger partial charge < -0.3 is 19.5 Å².